The number of fused-ring (bicyclic) bond motifs is 1. The zero-order valence-corrected chi connectivity index (χ0v) is 10.2. The summed E-state index contributed by atoms with van der Waals surface area (Å²) in [6.07, 6.45) is 3.02. The first kappa shape index (κ1) is 11.9. The van der Waals surface area contributed by atoms with E-state index in [1.165, 1.54) is 12.3 Å². The van der Waals surface area contributed by atoms with E-state index in [0.29, 0.717) is 18.3 Å². The standard InChI is InChI=1S/C12H13N3O4/c16-12-11-8(4-6-19-12)3-5-14(11)10-2-1-9(7-13-10)15(17)18/h1-2,7-8,11H,3-6H2. The van der Waals surface area contributed by atoms with E-state index in [0.717, 1.165) is 19.4 Å². The van der Waals surface area contributed by atoms with Gasteiger partial charge in [-0.1, -0.05) is 0 Å². The lowest BCUT2D eigenvalue weighted by Crippen LogP contribution is -2.44. The van der Waals surface area contributed by atoms with E-state index in [9.17, 15) is 14.9 Å². The number of cyclic esters (lactones) is 1. The molecule has 100 valence electrons. The van der Waals surface area contributed by atoms with Crippen molar-refractivity contribution in [2.45, 2.75) is 18.9 Å². The van der Waals surface area contributed by atoms with E-state index < -0.39 is 4.92 Å². The average Bonchev–Trinajstić information content (AvgIpc) is 2.84. The Kier molecular flexibility index (Phi) is 2.81. The van der Waals surface area contributed by atoms with Crippen LogP contribution in [0.5, 0.6) is 0 Å². The molecule has 2 saturated heterocycles. The van der Waals surface area contributed by atoms with Crippen molar-refractivity contribution in [2.24, 2.45) is 5.92 Å². The minimum Gasteiger partial charge on any atom is -0.464 e. The van der Waals surface area contributed by atoms with Crippen LogP contribution in [-0.4, -0.2) is 35.1 Å². The normalized spacial score (nSPS) is 25.9. The van der Waals surface area contributed by atoms with Crippen molar-refractivity contribution in [2.75, 3.05) is 18.1 Å². The van der Waals surface area contributed by atoms with Crippen LogP contribution in [0, 0.1) is 16.0 Å². The predicted molar refractivity (Wildman–Crippen MR) is 65.7 cm³/mol. The third kappa shape index (κ3) is 2.00. The van der Waals surface area contributed by atoms with E-state index in [2.05, 4.69) is 4.98 Å². The molecule has 19 heavy (non-hydrogen) atoms. The fourth-order valence-electron chi connectivity index (χ4n) is 2.79. The van der Waals surface area contributed by atoms with E-state index in [1.54, 1.807) is 6.07 Å². The number of esters is 1. The molecule has 7 nitrogen and oxygen atoms in total. The van der Waals surface area contributed by atoms with Gasteiger partial charge in [0, 0.05) is 12.6 Å². The molecule has 2 aliphatic heterocycles. The van der Waals surface area contributed by atoms with Crippen LogP contribution in [-0.2, 0) is 9.53 Å². The molecular formula is C12H13N3O4. The molecule has 0 aromatic carbocycles. The van der Waals surface area contributed by atoms with Gasteiger partial charge in [0.05, 0.1) is 11.5 Å². The van der Waals surface area contributed by atoms with Crippen LogP contribution in [0.1, 0.15) is 12.8 Å². The van der Waals surface area contributed by atoms with Crippen LogP contribution < -0.4 is 4.90 Å². The number of nitro groups is 1. The van der Waals surface area contributed by atoms with Crippen LogP contribution in [0.4, 0.5) is 11.5 Å². The maximum Gasteiger partial charge on any atom is 0.329 e. The molecule has 2 aliphatic rings. The lowest BCUT2D eigenvalue weighted by molar-refractivity contribution is -0.385. The van der Waals surface area contributed by atoms with Gasteiger partial charge >= 0.3 is 5.97 Å². The molecule has 1 aromatic heterocycles. The lowest BCUT2D eigenvalue weighted by atomic mass is 9.95. The Balaban J connectivity index is 1.85. The molecule has 2 unspecified atom stereocenters. The van der Waals surface area contributed by atoms with Crippen molar-refractivity contribution < 1.29 is 14.5 Å². The highest BCUT2D eigenvalue weighted by Gasteiger charge is 2.43. The van der Waals surface area contributed by atoms with Gasteiger partial charge in [0.25, 0.3) is 5.69 Å². The Morgan fingerprint density at radius 3 is 2.95 bits per heavy atom. The summed E-state index contributed by atoms with van der Waals surface area (Å²) < 4.78 is 5.09. The smallest absolute Gasteiger partial charge is 0.329 e. The molecule has 1 aromatic rings. The number of anilines is 1. The molecule has 3 rings (SSSR count). The van der Waals surface area contributed by atoms with Crippen LogP contribution in [0.15, 0.2) is 18.3 Å². The molecule has 0 bridgehead atoms. The minimum atomic E-state index is -0.488. The van der Waals surface area contributed by atoms with E-state index in [4.69, 9.17) is 4.74 Å². The molecule has 3 heterocycles. The van der Waals surface area contributed by atoms with Crippen molar-refractivity contribution in [1.29, 1.82) is 0 Å². The zero-order chi connectivity index (χ0) is 13.4. The number of aromatic nitrogens is 1. The van der Waals surface area contributed by atoms with Gasteiger partial charge < -0.3 is 9.64 Å². The van der Waals surface area contributed by atoms with Crippen molar-refractivity contribution in [3.8, 4) is 0 Å². The summed E-state index contributed by atoms with van der Waals surface area (Å²) in [5.74, 6) is 0.684. The number of nitrogens with zero attached hydrogens (tertiary/aromatic N) is 3. The second kappa shape index (κ2) is 4.49. The van der Waals surface area contributed by atoms with Gasteiger partial charge in [-0.2, -0.15) is 0 Å². The number of pyridine rings is 1. The first-order chi connectivity index (χ1) is 9.16. The van der Waals surface area contributed by atoms with Gasteiger partial charge in [-0.25, -0.2) is 9.78 Å². The van der Waals surface area contributed by atoms with Crippen LogP contribution in [0.25, 0.3) is 0 Å². The van der Waals surface area contributed by atoms with Crippen molar-refractivity contribution in [3.63, 3.8) is 0 Å². The molecule has 0 aliphatic carbocycles. The van der Waals surface area contributed by atoms with Gasteiger partial charge in [0.15, 0.2) is 0 Å². The Morgan fingerprint density at radius 2 is 2.26 bits per heavy atom. The van der Waals surface area contributed by atoms with Crippen LogP contribution in [0.2, 0.25) is 0 Å². The largest absolute Gasteiger partial charge is 0.464 e. The summed E-state index contributed by atoms with van der Waals surface area (Å²) in [4.78, 5) is 27.9. The number of ether oxygens (including phenoxy) is 1. The van der Waals surface area contributed by atoms with Crippen molar-refractivity contribution in [1.82, 2.24) is 4.98 Å². The van der Waals surface area contributed by atoms with Crippen molar-refractivity contribution in [3.05, 3.63) is 28.4 Å². The van der Waals surface area contributed by atoms with Crippen molar-refractivity contribution >= 4 is 17.5 Å². The van der Waals surface area contributed by atoms with Crippen LogP contribution >= 0.6 is 0 Å². The third-order valence-corrected chi connectivity index (χ3v) is 3.73. The van der Waals surface area contributed by atoms with Gasteiger partial charge in [0.2, 0.25) is 0 Å². The Labute approximate surface area is 109 Å². The Hall–Kier alpha value is -2.18. The van der Waals surface area contributed by atoms with Gasteiger partial charge in [-0.3, -0.25) is 10.1 Å². The topological polar surface area (TPSA) is 85.6 Å². The summed E-state index contributed by atoms with van der Waals surface area (Å²) in [6.45, 7) is 1.22. The fourth-order valence-corrected chi connectivity index (χ4v) is 2.79. The predicted octanol–water partition coefficient (Wildman–Crippen LogP) is 1.13. The maximum atomic E-state index is 11.8. The molecule has 0 radical (unpaired) electrons. The molecule has 0 saturated carbocycles. The van der Waals surface area contributed by atoms with E-state index in [1.807, 2.05) is 4.90 Å². The average molecular weight is 263 g/mol. The first-order valence-electron chi connectivity index (χ1n) is 6.20. The van der Waals surface area contributed by atoms with Gasteiger partial charge in [-0.05, 0) is 24.8 Å². The maximum absolute atomic E-state index is 11.8. The van der Waals surface area contributed by atoms with Gasteiger partial charge in [0.1, 0.15) is 18.1 Å². The molecule has 2 fully saturated rings. The van der Waals surface area contributed by atoms with Gasteiger partial charge in [-0.15, -0.1) is 0 Å². The molecule has 0 N–H and O–H groups in total. The molecule has 0 amide bonds. The lowest BCUT2D eigenvalue weighted by Gasteiger charge is -2.30. The number of rotatable bonds is 2. The first-order valence-corrected chi connectivity index (χ1v) is 6.20. The van der Waals surface area contributed by atoms with E-state index in [-0.39, 0.29) is 17.7 Å². The number of hydrogen-bond acceptors (Lipinski definition) is 6. The Morgan fingerprint density at radius 1 is 1.42 bits per heavy atom. The quantitative estimate of drug-likeness (QED) is 0.451. The molecule has 2 atom stereocenters. The molecule has 7 heteroatoms. The fraction of sp³-hybridized carbons (Fsp3) is 0.500. The Bertz CT molecular complexity index is 516. The summed E-state index contributed by atoms with van der Waals surface area (Å²) in [7, 11) is 0. The highest BCUT2D eigenvalue weighted by Crippen LogP contribution is 2.34. The van der Waals surface area contributed by atoms with E-state index >= 15 is 0 Å². The number of carbonyl (C=O) groups excluding carboxylic acids is 1. The summed E-state index contributed by atoms with van der Waals surface area (Å²) in [6, 6.07) is 2.70. The third-order valence-electron chi connectivity index (χ3n) is 3.73. The summed E-state index contributed by atoms with van der Waals surface area (Å²) in [5.41, 5.74) is -0.0503. The minimum absolute atomic E-state index is 0.0503. The summed E-state index contributed by atoms with van der Waals surface area (Å²) >= 11 is 0. The highest BCUT2D eigenvalue weighted by atomic mass is 16.6. The number of hydrogen-bond donors (Lipinski definition) is 0. The highest BCUT2D eigenvalue weighted by molar-refractivity contribution is 5.81. The SMILES string of the molecule is O=C1OCCC2CCN(c3ccc([N+](=O)[O-])cn3)C12. The monoisotopic (exact) mass is 263 g/mol. The number of carbonyl (C=O) groups is 1. The second-order valence-corrected chi connectivity index (χ2v) is 4.77. The zero-order valence-electron chi connectivity index (χ0n) is 10.2. The molecular weight excluding hydrogens is 250 g/mol. The van der Waals surface area contributed by atoms with Crippen LogP contribution in [0.3, 0.4) is 0 Å². The second-order valence-electron chi connectivity index (χ2n) is 4.77. The summed E-state index contributed by atoms with van der Waals surface area (Å²) in [5, 5.41) is 10.6. The molecule has 0 spiro atoms.